The van der Waals surface area contributed by atoms with E-state index >= 15 is 0 Å². The number of rotatable bonds is 7. The molecule has 3 rings (SSSR count). The van der Waals surface area contributed by atoms with Crippen LogP contribution in [0, 0.1) is 5.92 Å². The average Bonchev–Trinajstić information content (AvgIpc) is 3.02. The zero-order chi connectivity index (χ0) is 21.0. The maximum absolute atomic E-state index is 12.2. The quantitative estimate of drug-likeness (QED) is 0.696. The number of benzene rings is 2. The van der Waals surface area contributed by atoms with Crippen molar-refractivity contribution in [2.45, 2.75) is 25.9 Å². The first-order valence-corrected chi connectivity index (χ1v) is 9.37. The lowest BCUT2D eigenvalue weighted by molar-refractivity contribution is -0.165. The number of carboxylic acids is 1. The molecule has 1 aliphatic carbocycles. The van der Waals surface area contributed by atoms with Crippen LogP contribution < -0.4 is 5.32 Å². The Labute approximate surface area is 168 Å². The molecule has 7 heteroatoms. The van der Waals surface area contributed by atoms with E-state index in [4.69, 9.17) is 14.6 Å². The van der Waals surface area contributed by atoms with E-state index in [1.807, 2.05) is 36.4 Å². The van der Waals surface area contributed by atoms with Crippen molar-refractivity contribution in [2.24, 2.45) is 5.92 Å². The summed E-state index contributed by atoms with van der Waals surface area (Å²) in [4.78, 5) is 34.4. The fourth-order valence-corrected chi connectivity index (χ4v) is 3.59. The van der Waals surface area contributed by atoms with E-state index in [1.54, 1.807) is 6.92 Å². The summed E-state index contributed by atoms with van der Waals surface area (Å²) in [5, 5.41) is 11.7. The highest BCUT2D eigenvalue weighted by Gasteiger charge is 2.30. The Balaban J connectivity index is 1.59. The minimum absolute atomic E-state index is 0.000913. The Morgan fingerprint density at radius 3 is 2.10 bits per heavy atom. The number of fused-ring (bicyclic) bond motifs is 3. The summed E-state index contributed by atoms with van der Waals surface area (Å²) >= 11 is 0. The second-order valence-electron chi connectivity index (χ2n) is 7.05. The predicted molar refractivity (Wildman–Crippen MR) is 105 cm³/mol. The van der Waals surface area contributed by atoms with Gasteiger partial charge in [-0.05, 0) is 22.3 Å². The van der Waals surface area contributed by atoms with Crippen molar-refractivity contribution in [2.75, 3.05) is 13.2 Å². The van der Waals surface area contributed by atoms with E-state index in [0.717, 1.165) is 29.2 Å². The molecule has 2 aromatic rings. The molecule has 2 N–H and O–H groups in total. The van der Waals surface area contributed by atoms with E-state index < -0.39 is 30.1 Å². The van der Waals surface area contributed by atoms with Gasteiger partial charge in [0.1, 0.15) is 6.61 Å². The van der Waals surface area contributed by atoms with E-state index in [1.165, 1.54) is 0 Å². The van der Waals surface area contributed by atoms with Crippen LogP contribution in [-0.2, 0) is 19.1 Å². The van der Waals surface area contributed by atoms with Gasteiger partial charge in [-0.1, -0.05) is 55.5 Å². The zero-order valence-electron chi connectivity index (χ0n) is 16.3. The summed E-state index contributed by atoms with van der Waals surface area (Å²) in [5.41, 5.74) is 4.49. The normalized spacial score (nSPS) is 14.3. The molecule has 152 valence electrons. The second-order valence-corrected chi connectivity index (χ2v) is 7.05. The first-order chi connectivity index (χ1) is 13.9. The average molecular weight is 397 g/mol. The van der Waals surface area contributed by atoms with Gasteiger partial charge in [0.25, 0.3) is 0 Å². The fraction of sp³-hybridized carbons (Fsp3) is 0.318. The molecule has 1 amide bonds. The molecule has 0 heterocycles. The number of carboxylic acid groups (broad SMARTS) is 1. The minimum Gasteiger partial charge on any atom is -0.478 e. The van der Waals surface area contributed by atoms with Crippen LogP contribution in [0.25, 0.3) is 11.1 Å². The first kappa shape index (κ1) is 20.4. The summed E-state index contributed by atoms with van der Waals surface area (Å²) in [6, 6.07) is 16.0. The molecule has 0 bridgehead atoms. The SMILES string of the molecule is CC(=O)O[C@@H](C(=O)O)[C@H](C)CNC(=O)OCC1c2ccccc2-c2ccccc21. The highest BCUT2D eigenvalue weighted by atomic mass is 16.6. The summed E-state index contributed by atoms with van der Waals surface area (Å²) in [5.74, 6) is -2.62. The molecule has 7 nitrogen and oxygen atoms in total. The number of esters is 1. The maximum atomic E-state index is 12.2. The summed E-state index contributed by atoms with van der Waals surface area (Å²) in [7, 11) is 0. The van der Waals surface area contributed by atoms with Crippen LogP contribution >= 0.6 is 0 Å². The number of amides is 1. The third-order valence-electron chi connectivity index (χ3n) is 4.97. The molecule has 0 unspecified atom stereocenters. The van der Waals surface area contributed by atoms with Gasteiger partial charge in [0.2, 0.25) is 6.10 Å². The summed E-state index contributed by atoms with van der Waals surface area (Å²) < 4.78 is 10.2. The highest BCUT2D eigenvalue weighted by molar-refractivity contribution is 5.79. The summed E-state index contributed by atoms with van der Waals surface area (Å²) in [6.45, 7) is 2.88. The van der Waals surface area contributed by atoms with Gasteiger partial charge in [-0.25, -0.2) is 9.59 Å². The zero-order valence-corrected chi connectivity index (χ0v) is 16.3. The molecule has 2 aromatic carbocycles. The van der Waals surface area contributed by atoms with Gasteiger partial charge in [-0.3, -0.25) is 4.79 Å². The van der Waals surface area contributed by atoms with Crippen LogP contribution in [-0.4, -0.2) is 42.4 Å². The molecule has 0 fully saturated rings. The highest BCUT2D eigenvalue weighted by Crippen LogP contribution is 2.44. The third-order valence-corrected chi connectivity index (χ3v) is 4.97. The molecule has 1 aliphatic rings. The Morgan fingerprint density at radius 2 is 1.59 bits per heavy atom. The molecular weight excluding hydrogens is 374 g/mol. The number of alkyl carbamates (subject to hydrolysis) is 1. The van der Waals surface area contributed by atoms with Crippen molar-refractivity contribution >= 4 is 18.0 Å². The molecule has 2 atom stereocenters. The van der Waals surface area contributed by atoms with Gasteiger partial charge in [0.15, 0.2) is 0 Å². The standard InChI is InChI=1S/C22H23NO6/c1-13(20(21(25)26)29-14(2)24)11-23-22(27)28-12-19-17-9-5-3-7-15(17)16-8-4-6-10-18(16)19/h3-10,13,19-20H,11-12H2,1-2H3,(H,23,27)(H,25,26)/t13-,20-/m1/s1. The van der Waals surface area contributed by atoms with Crippen LogP contribution in [0.3, 0.4) is 0 Å². The van der Waals surface area contributed by atoms with Gasteiger partial charge < -0.3 is 19.9 Å². The number of hydrogen-bond acceptors (Lipinski definition) is 5. The fourth-order valence-electron chi connectivity index (χ4n) is 3.59. The number of hydrogen-bond donors (Lipinski definition) is 2. The lowest BCUT2D eigenvalue weighted by Crippen LogP contribution is -2.40. The van der Waals surface area contributed by atoms with Gasteiger partial charge >= 0.3 is 18.0 Å². The number of nitrogens with one attached hydrogen (secondary N) is 1. The van der Waals surface area contributed by atoms with Crippen LogP contribution in [0.5, 0.6) is 0 Å². The molecule has 0 spiro atoms. The van der Waals surface area contributed by atoms with Gasteiger partial charge in [-0.2, -0.15) is 0 Å². The Hall–Kier alpha value is -3.35. The van der Waals surface area contributed by atoms with E-state index in [2.05, 4.69) is 17.4 Å². The largest absolute Gasteiger partial charge is 0.478 e. The van der Waals surface area contributed by atoms with Crippen LogP contribution in [0.15, 0.2) is 48.5 Å². The molecule has 0 aliphatic heterocycles. The molecular formula is C22H23NO6. The van der Waals surface area contributed by atoms with Crippen molar-refractivity contribution in [3.05, 3.63) is 59.7 Å². The third kappa shape index (κ3) is 4.56. The number of ether oxygens (including phenoxy) is 2. The van der Waals surface area contributed by atoms with Crippen LogP contribution in [0.1, 0.15) is 30.9 Å². The molecule has 0 saturated heterocycles. The van der Waals surface area contributed by atoms with Gasteiger partial charge in [0, 0.05) is 25.3 Å². The van der Waals surface area contributed by atoms with Crippen molar-refractivity contribution in [3.8, 4) is 11.1 Å². The molecule has 0 saturated carbocycles. The van der Waals surface area contributed by atoms with E-state index in [-0.39, 0.29) is 19.1 Å². The van der Waals surface area contributed by atoms with Crippen molar-refractivity contribution < 1.29 is 29.0 Å². The van der Waals surface area contributed by atoms with Gasteiger partial charge in [-0.15, -0.1) is 0 Å². The van der Waals surface area contributed by atoms with Crippen molar-refractivity contribution in [1.82, 2.24) is 5.32 Å². The van der Waals surface area contributed by atoms with Crippen molar-refractivity contribution in [1.29, 1.82) is 0 Å². The van der Waals surface area contributed by atoms with Crippen LogP contribution in [0.4, 0.5) is 4.79 Å². The first-order valence-electron chi connectivity index (χ1n) is 9.37. The van der Waals surface area contributed by atoms with Crippen LogP contribution in [0.2, 0.25) is 0 Å². The lowest BCUT2D eigenvalue weighted by Gasteiger charge is -2.20. The monoisotopic (exact) mass is 397 g/mol. The second kappa shape index (κ2) is 8.77. The Kier molecular flexibility index (Phi) is 6.16. The Bertz CT molecular complexity index is 880. The predicted octanol–water partition coefficient (Wildman–Crippen LogP) is 3.18. The van der Waals surface area contributed by atoms with Gasteiger partial charge in [0.05, 0.1) is 0 Å². The number of carbonyl (C=O) groups excluding carboxylic acids is 2. The molecule has 29 heavy (non-hydrogen) atoms. The lowest BCUT2D eigenvalue weighted by atomic mass is 9.98. The maximum Gasteiger partial charge on any atom is 0.407 e. The van der Waals surface area contributed by atoms with E-state index in [0.29, 0.717) is 0 Å². The van der Waals surface area contributed by atoms with E-state index in [9.17, 15) is 14.4 Å². The summed E-state index contributed by atoms with van der Waals surface area (Å²) in [6.07, 6.45) is -1.98. The smallest absolute Gasteiger partial charge is 0.407 e. The Morgan fingerprint density at radius 1 is 1.03 bits per heavy atom. The number of carbonyl (C=O) groups is 3. The minimum atomic E-state index is -1.33. The van der Waals surface area contributed by atoms with Crippen molar-refractivity contribution in [3.63, 3.8) is 0 Å². The molecule has 0 aromatic heterocycles. The topological polar surface area (TPSA) is 102 Å². The number of aliphatic carboxylic acids is 1. The molecule has 0 radical (unpaired) electrons.